The molecule has 1 aliphatic rings. The summed E-state index contributed by atoms with van der Waals surface area (Å²) in [5.41, 5.74) is 0.251. The molecule has 2 rings (SSSR count). The Kier molecular flexibility index (Phi) is 4.21. The minimum absolute atomic E-state index is 0.261. The van der Waals surface area contributed by atoms with Gasteiger partial charge in [-0.15, -0.1) is 0 Å². The lowest BCUT2D eigenvalue weighted by atomic mass is 9.85. The number of likely N-dealkylation sites (N-methyl/N-ethyl adjacent to an activating group) is 1. The summed E-state index contributed by atoms with van der Waals surface area (Å²) < 4.78 is 26.4. The number of hydrogen-bond acceptors (Lipinski definition) is 2. The molecule has 1 aliphatic carbocycles. The van der Waals surface area contributed by atoms with Gasteiger partial charge >= 0.3 is 0 Å². The fraction of sp³-hybridized carbons (Fsp3) is 0.600. The van der Waals surface area contributed by atoms with Crippen molar-refractivity contribution in [1.82, 2.24) is 4.90 Å². The Morgan fingerprint density at radius 1 is 1.16 bits per heavy atom. The van der Waals surface area contributed by atoms with E-state index in [1.807, 2.05) is 14.1 Å². The molecule has 1 atom stereocenters. The summed E-state index contributed by atoms with van der Waals surface area (Å²) in [5, 5.41) is 10.5. The van der Waals surface area contributed by atoms with Gasteiger partial charge in [-0.3, -0.25) is 0 Å². The van der Waals surface area contributed by atoms with Crippen molar-refractivity contribution >= 4 is 0 Å². The number of nitrogens with zero attached hydrogens (tertiary/aromatic N) is 1. The molecule has 2 nitrogen and oxygen atoms in total. The molecule has 0 amide bonds. The molecule has 0 bridgehead atoms. The highest BCUT2D eigenvalue weighted by molar-refractivity contribution is 5.20. The van der Waals surface area contributed by atoms with Crippen LogP contribution in [0, 0.1) is 11.6 Å². The van der Waals surface area contributed by atoms with Crippen molar-refractivity contribution in [3.05, 3.63) is 35.4 Å². The van der Waals surface area contributed by atoms with Gasteiger partial charge in [0.25, 0.3) is 0 Å². The molecule has 1 aromatic carbocycles. The average Bonchev–Trinajstić information content (AvgIpc) is 2.77. The molecule has 0 aliphatic heterocycles. The Morgan fingerprint density at radius 3 is 2.16 bits per heavy atom. The van der Waals surface area contributed by atoms with Gasteiger partial charge in [0, 0.05) is 18.0 Å². The summed E-state index contributed by atoms with van der Waals surface area (Å²) >= 11 is 0. The van der Waals surface area contributed by atoms with Crippen molar-refractivity contribution in [3.8, 4) is 0 Å². The van der Waals surface area contributed by atoms with Crippen molar-refractivity contribution < 1.29 is 13.9 Å². The van der Waals surface area contributed by atoms with Crippen molar-refractivity contribution in [2.75, 3.05) is 14.1 Å². The van der Waals surface area contributed by atoms with E-state index in [9.17, 15) is 13.9 Å². The number of aliphatic hydroxyl groups excluding tert-OH is 1. The van der Waals surface area contributed by atoms with Crippen LogP contribution in [0.15, 0.2) is 18.2 Å². The second-order valence-electron chi connectivity index (χ2n) is 5.70. The first-order valence-corrected chi connectivity index (χ1v) is 6.74. The summed E-state index contributed by atoms with van der Waals surface area (Å²) in [6, 6.07) is 3.45. The van der Waals surface area contributed by atoms with E-state index in [0.29, 0.717) is 5.56 Å². The standard InChI is InChI=1S/C15H21F2NO/c1-18(2)15(5-3-4-6-15)14(19)9-11-7-12(16)10-13(17)8-11/h7-8,10,14,19H,3-6,9H2,1-2H3. The molecule has 1 unspecified atom stereocenters. The zero-order chi connectivity index (χ0) is 14.0. The lowest BCUT2D eigenvalue weighted by molar-refractivity contribution is -0.00256. The Hall–Kier alpha value is -1.00. The van der Waals surface area contributed by atoms with Crippen LogP contribution in [0.2, 0.25) is 0 Å². The minimum atomic E-state index is -0.605. The largest absolute Gasteiger partial charge is 0.391 e. The van der Waals surface area contributed by atoms with Gasteiger partial charge in [0.05, 0.1) is 6.10 Å². The van der Waals surface area contributed by atoms with Gasteiger partial charge in [-0.2, -0.15) is 0 Å². The maximum absolute atomic E-state index is 13.2. The van der Waals surface area contributed by atoms with Gasteiger partial charge in [-0.05, 0) is 44.6 Å². The monoisotopic (exact) mass is 269 g/mol. The van der Waals surface area contributed by atoms with E-state index in [4.69, 9.17) is 0 Å². The maximum atomic E-state index is 13.2. The molecule has 0 aromatic heterocycles. The summed E-state index contributed by atoms with van der Waals surface area (Å²) in [5.74, 6) is -1.18. The van der Waals surface area contributed by atoms with Gasteiger partial charge in [0.2, 0.25) is 0 Å². The molecule has 1 N–H and O–H groups in total. The van der Waals surface area contributed by atoms with E-state index >= 15 is 0 Å². The Balaban J connectivity index is 2.17. The molecule has 0 heterocycles. The molecule has 106 valence electrons. The van der Waals surface area contributed by atoms with Crippen molar-refractivity contribution in [2.24, 2.45) is 0 Å². The van der Waals surface area contributed by atoms with Gasteiger partial charge in [-0.25, -0.2) is 8.78 Å². The summed E-state index contributed by atoms with van der Waals surface area (Å²) in [6.45, 7) is 0. The van der Waals surface area contributed by atoms with E-state index in [1.165, 1.54) is 12.1 Å². The third-order valence-electron chi connectivity index (χ3n) is 4.33. The Morgan fingerprint density at radius 2 is 1.68 bits per heavy atom. The van der Waals surface area contributed by atoms with E-state index in [-0.39, 0.29) is 12.0 Å². The molecule has 0 saturated heterocycles. The molecule has 0 radical (unpaired) electrons. The quantitative estimate of drug-likeness (QED) is 0.908. The van der Waals surface area contributed by atoms with Crippen molar-refractivity contribution in [3.63, 3.8) is 0 Å². The second-order valence-corrected chi connectivity index (χ2v) is 5.70. The Labute approximate surface area is 113 Å². The number of halogens is 2. The number of hydrogen-bond donors (Lipinski definition) is 1. The molecular formula is C15H21F2NO. The van der Waals surface area contributed by atoms with Crippen LogP contribution < -0.4 is 0 Å². The first-order chi connectivity index (χ1) is 8.94. The van der Waals surface area contributed by atoms with E-state index < -0.39 is 17.7 Å². The molecule has 4 heteroatoms. The molecule has 1 fully saturated rings. The third kappa shape index (κ3) is 2.95. The SMILES string of the molecule is CN(C)C1(C(O)Cc2cc(F)cc(F)c2)CCCC1. The highest BCUT2D eigenvalue weighted by Crippen LogP contribution is 2.37. The normalized spacial score (nSPS) is 19.9. The topological polar surface area (TPSA) is 23.5 Å². The molecule has 1 aromatic rings. The smallest absolute Gasteiger partial charge is 0.126 e. The number of benzene rings is 1. The van der Waals surface area contributed by atoms with Crippen LogP contribution in [0.25, 0.3) is 0 Å². The summed E-state index contributed by atoms with van der Waals surface area (Å²) in [4.78, 5) is 2.06. The first kappa shape index (κ1) is 14.4. The lowest BCUT2D eigenvalue weighted by Crippen LogP contribution is -2.52. The first-order valence-electron chi connectivity index (χ1n) is 6.74. The highest BCUT2D eigenvalue weighted by atomic mass is 19.1. The van der Waals surface area contributed by atoms with Crippen LogP contribution in [0.3, 0.4) is 0 Å². The number of aliphatic hydroxyl groups is 1. The van der Waals surface area contributed by atoms with Gasteiger partial charge in [-0.1, -0.05) is 12.8 Å². The fourth-order valence-corrected chi connectivity index (χ4v) is 3.21. The van der Waals surface area contributed by atoms with Gasteiger partial charge < -0.3 is 10.0 Å². The van der Waals surface area contributed by atoms with Gasteiger partial charge in [0.1, 0.15) is 11.6 Å². The zero-order valence-corrected chi connectivity index (χ0v) is 11.5. The second kappa shape index (κ2) is 5.55. The van der Waals surface area contributed by atoms with E-state index in [1.54, 1.807) is 0 Å². The predicted molar refractivity (Wildman–Crippen MR) is 71.0 cm³/mol. The van der Waals surface area contributed by atoms with Gasteiger partial charge in [0.15, 0.2) is 0 Å². The summed E-state index contributed by atoms with van der Waals surface area (Å²) in [6.07, 6.45) is 3.72. The molecular weight excluding hydrogens is 248 g/mol. The number of rotatable bonds is 4. The van der Waals surface area contributed by atoms with Crippen molar-refractivity contribution in [2.45, 2.75) is 43.7 Å². The Bertz CT molecular complexity index is 422. The van der Waals surface area contributed by atoms with Crippen LogP contribution in [-0.4, -0.2) is 35.7 Å². The van der Waals surface area contributed by atoms with Crippen LogP contribution in [0.4, 0.5) is 8.78 Å². The van der Waals surface area contributed by atoms with Crippen LogP contribution >= 0.6 is 0 Å². The third-order valence-corrected chi connectivity index (χ3v) is 4.33. The average molecular weight is 269 g/mol. The van der Waals surface area contributed by atoms with Crippen LogP contribution in [0.5, 0.6) is 0 Å². The zero-order valence-electron chi connectivity index (χ0n) is 11.5. The lowest BCUT2D eigenvalue weighted by Gasteiger charge is -2.40. The predicted octanol–water partition coefficient (Wildman–Crippen LogP) is 2.74. The molecule has 1 saturated carbocycles. The van der Waals surface area contributed by atoms with E-state index in [0.717, 1.165) is 31.7 Å². The molecule has 0 spiro atoms. The maximum Gasteiger partial charge on any atom is 0.126 e. The fourth-order valence-electron chi connectivity index (χ4n) is 3.21. The van der Waals surface area contributed by atoms with Crippen LogP contribution in [-0.2, 0) is 6.42 Å². The van der Waals surface area contributed by atoms with Crippen molar-refractivity contribution in [1.29, 1.82) is 0 Å². The minimum Gasteiger partial charge on any atom is -0.391 e. The van der Waals surface area contributed by atoms with Crippen LogP contribution in [0.1, 0.15) is 31.2 Å². The molecule has 19 heavy (non-hydrogen) atoms. The summed E-state index contributed by atoms with van der Waals surface area (Å²) in [7, 11) is 3.92. The van der Waals surface area contributed by atoms with E-state index in [2.05, 4.69) is 4.90 Å². The highest BCUT2D eigenvalue weighted by Gasteiger charge is 2.42.